The number of rotatable bonds is 6. The van der Waals surface area contributed by atoms with Gasteiger partial charge in [0.15, 0.2) is 11.5 Å². The number of aromatic nitrogens is 6. The molecule has 2 amide bonds. The summed E-state index contributed by atoms with van der Waals surface area (Å²) in [5.41, 5.74) is 3.21. The summed E-state index contributed by atoms with van der Waals surface area (Å²) in [5.74, 6) is 0.553. The summed E-state index contributed by atoms with van der Waals surface area (Å²) >= 11 is 0. The highest BCUT2D eigenvalue weighted by atomic mass is 16.2. The molecule has 0 saturated heterocycles. The second-order valence-electron chi connectivity index (χ2n) is 7.81. The van der Waals surface area contributed by atoms with Crippen molar-refractivity contribution < 1.29 is 9.59 Å². The maximum Gasteiger partial charge on any atom is 0.256 e. The number of hydrogen-bond donors (Lipinski definition) is 2. The van der Waals surface area contributed by atoms with Gasteiger partial charge in [-0.2, -0.15) is 14.9 Å². The number of hydrogen-bond acceptors (Lipinski definition) is 6. The molecule has 1 aliphatic carbocycles. The number of amides is 2. The lowest BCUT2D eigenvalue weighted by Crippen LogP contribution is -2.23. The molecule has 10 heteroatoms. The molecule has 0 atom stereocenters. The normalized spacial score (nSPS) is 13.3. The van der Waals surface area contributed by atoms with E-state index in [9.17, 15) is 9.59 Å². The highest BCUT2D eigenvalue weighted by Crippen LogP contribution is 2.40. The molecule has 0 radical (unpaired) electrons. The number of nitrogens with zero attached hydrogens (tertiary/aromatic N) is 6. The first kappa shape index (κ1) is 19.9. The van der Waals surface area contributed by atoms with Gasteiger partial charge in [0.1, 0.15) is 6.54 Å². The van der Waals surface area contributed by atoms with Crippen LogP contribution in [0.25, 0.3) is 16.9 Å². The van der Waals surface area contributed by atoms with E-state index in [2.05, 4.69) is 25.8 Å². The summed E-state index contributed by atoms with van der Waals surface area (Å²) in [5, 5.41) is 14.9. The first-order valence-corrected chi connectivity index (χ1v) is 10.4. The summed E-state index contributed by atoms with van der Waals surface area (Å²) in [7, 11) is 1.56. The van der Waals surface area contributed by atoms with Crippen LogP contribution in [0.15, 0.2) is 42.9 Å². The van der Waals surface area contributed by atoms with Crippen LogP contribution in [0.3, 0.4) is 0 Å². The molecule has 0 spiro atoms. The van der Waals surface area contributed by atoms with E-state index in [-0.39, 0.29) is 18.4 Å². The molecule has 4 heterocycles. The summed E-state index contributed by atoms with van der Waals surface area (Å²) in [4.78, 5) is 34.1. The fraction of sp³-hybridized carbons (Fsp3) is 0.273. The van der Waals surface area contributed by atoms with Crippen LogP contribution in [0.2, 0.25) is 0 Å². The van der Waals surface area contributed by atoms with Crippen LogP contribution < -0.4 is 10.6 Å². The quantitative estimate of drug-likeness (QED) is 0.484. The molecule has 5 rings (SSSR count). The third-order valence-corrected chi connectivity index (χ3v) is 5.41. The topological polar surface area (TPSA) is 120 Å². The van der Waals surface area contributed by atoms with Crippen molar-refractivity contribution in [3.05, 3.63) is 59.8 Å². The van der Waals surface area contributed by atoms with E-state index in [1.807, 2.05) is 31.2 Å². The number of carbonyl (C=O) groups excluding carboxylic acids is 2. The summed E-state index contributed by atoms with van der Waals surface area (Å²) in [6, 6.07) is 7.45. The molecule has 10 nitrogen and oxygen atoms in total. The Morgan fingerprint density at radius 1 is 1.25 bits per heavy atom. The minimum absolute atomic E-state index is 0.0770. The molecule has 32 heavy (non-hydrogen) atoms. The molecule has 4 aromatic heterocycles. The van der Waals surface area contributed by atoms with Crippen LogP contribution in [0, 0.1) is 6.92 Å². The molecule has 1 fully saturated rings. The average Bonchev–Trinajstić information content (AvgIpc) is 3.49. The minimum atomic E-state index is -0.275. The van der Waals surface area contributed by atoms with Crippen molar-refractivity contribution >= 4 is 28.5 Å². The van der Waals surface area contributed by atoms with Gasteiger partial charge in [-0.05, 0) is 38.0 Å². The average molecular weight is 430 g/mol. The van der Waals surface area contributed by atoms with Gasteiger partial charge in [0, 0.05) is 31.1 Å². The predicted molar refractivity (Wildman–Crippen MR) is 118 cm³/mol. The monoisotopic (exact) mass is 430 g/mol. The van der Waals surface area contributed by atoms with Crippen molar-refractivity contribution in [1.29, 1.82) is 0 Å². The Kier molecular flexibility index (Phi) is 4.89. The number of fused-ring (bicyclic) bond motifs is 1. The van der Waals surface area contributed by atoms with Crippen molar-refractivity contribution in [3.8, 4) is 5.82 Å². The summed E-state index contributed by atoms with van der Waals surface area (Å²) in [6.45, 7) is 1.94. The van der Waals surface area contributed by atoms with Gasteiger partial charge in [-0.15, -0.1) is 0 Å². The molecule has 4 aromatic rings. The Bertz CT molecular complexity index is 1320. The van der Waals surface area contributed by atoms with Gasteiger partial charge in [-0.3, -0.25) is 14.3 Å². The number of aryl methyl sites for hydroxylation is 1. The Balaban J connectivity index is 1.54. The largest absolute Gasteiger partial charge is 0.358 e. The van der Waals surface area contributed by atoms with E-state index in [0.717, 1.165) is 18.5 Å². The van der Waals surface area contributed by atoms with E-state index in [0.29, 0.717) is 39.7 Å². The smallest absolute Gasteiger partial charge is 0.256 e. The molecule has 2 N–H and O–H groups in total. The van der Waals surface area contributed by atoms with Crippen molar-refractivity contribution in [2.24, 2.45) is 0 Å². The number of likely N-dealkylation sites (N-methyl/N-ethyl adjacent to an activating group) is 1. The zero-order chi connectivity index (χ0) is 22.2. The van der Waals surface area contributed by atoms with E-state index < -0.39 is 0 Å². The van der Waals surface area contributed by atoms with Crippen LogP contribution in [0.4, 0.5) is 5.69 Å². The van der Waals surface area contributed by atoms with Gasteiger partial charge in [0.2, 0.25) is 5.91 Å². The van der Waals surface area contributed by atoms with Crippen molar-refractivity contribution in [3.63, 3.8) is 0 Å². The van der Waals surface area contributed by atoms with Crippen molar-refractivity contribution in [1.82, 2.24) is 34.8 Å². The maximum atomic E-state index is 13.3. The summed E-state index contributed by atoms with van der Waals surface area (Å²) in [6.07, 6.45) is 6.96. The van der Waals surface area contributed by atoms with Gasteiger partial charge in [0.05, 0.1) is 28.5 Å². The third kappa shape index (κ3) is 3.70. The zero-order valence-electron chi connectivity index (χ0n) is 17.7. The Hall–Kier alpha value is -4.08. The first-order chi connectivity index (χ1) is 15.5. The molecular formula is C22H22N8O2. The van der Waals surface area contributed by atoms with Gasteiger partial charge < -0.3 is 10.6 Å². The second-order valence-corrected chi connectivity index (χ2v) is 7.81. The van der Waals surface area contributed by atoms with Crippen LogP contribution in [0.1, 0.15) is 40.5 Å². The third-order valence-electron chi connectivity index (χ3n) is 5.41. The molecule has 0 bridgehead atoms. The van der Waals surface area contributed by atoms with Crippen LogP contribution in [-0.4, -0.2) is 48.4 Å². The lowest BCUT2D eigenvalue weighted by atomic mass is 10.1. The lowest BCUT2D eigenvalue weighted by Gasteiger charge is -2.08. The summed E-state index contributed by atoms with van der Waals surface area (Å²) < 4.78 is 3.16. The Morgan fingerprint density at radius 3 is 2.81 bits per heavy atom. The standard InChI is InChI=1S/C22H22N8O2/c1-13-20-16(22(32)26-15-10-25-29(11-15)12-19(31)23-2)9-17(14-6-7-14)27-21(20)30(28-13)18-5-3-4-8-24-18/h3-5,8-11,14H,6-7,12H2,1-2H3,(H,23,31)(H,26,32). The highest BCUT2D eigenvalue weighted by Gasteiger charge is 2.29. The lowest BCUT2D eigenvalue weighted by molar-refractivity contribution is -0.121. The maximum absolute atomic E-state index is 13.3. The number of pyridine rings is 2. The van der Waals surface area contributed by atoms with Crippen molar-refractivity contribution in [2.75, 3.05) is 12.4 Å². The molecule has 0 aliphatic heterocycles. The predicted octanol–water partition coefficient (Wildman–Crippen LogP) is 2.20. The SMILES string of the molecule is CNC(=O)Cn1cc(NC(=O)c2cc(C3CC3)nc3c2c(C)nn3-c2ccccn2)cn1. The Morgan fingerprint density at radius 2 is 2.09 bits per heavy atom. The van der Waals surface area contributed by atoms with E-state index in [1.165, 1.54) is 10.9 Å². The molecule has 0 aromatic carbocycles. The van der Waals surface area contributed by atoms with E-state index >= 15 is 0 Å². The molecule has 1 saturated carbocycles. The van der Waals surface area contributed by atoms with Crippen LogP contribution in [0.5, 0.6) is 0 Å². The molecular weight excluding hydrogens is 408 g/mol. The van der Waals surface area contributed by atoms with E-state index in [1.54, 1.807) is 24.1 Å². The highest BCUT2D eigenvalue weighted by molar-refractivity contribution is 6.12. The van der Waals surface area contributed by atoms with Crippen molar-refractivity contribution in [2.45, 2.75) is 32.2 Å². The van der Waals surface area contributed by atoms with Crippen LogP contribution >= 0.6 is 0 Å². The molecule has 162 valence electrons. The van der Waals surface area contributed by atoms with Gasteiger partial charge in [-0.1, -0.05) is 6.07 Å². The number of anilines is 1. The Labute approximate surface area is 183 Å². The molecule has 1 aliphatic rings. The first-order valence-electron chi connectivity index (χ1n) is 10.4. The van der Waals surface area contributed by atoms with Crippen LogP contribution in [-0.2, 0) is 11.3 Å². The number of carbonyl (C=O) groups is 2. The van der Waals surface area contributed by atoms with Gasteiger partial charge >= 0.3 is 0 Å². The second kappa shape index (κ2) is 7.88. The molecule has 0 unspecified atom stereocenters. The number of nitrogens with one attached hydrogen (secondary N) is 2. The van der Waals surface area contributed by atoms with Gasteiger partial charge in [-0.25, -0.2) is 9.97 Å². The fourth-order valence-electron chi connectivity index (χ4n) is 3.65. The fourth-order valence-corrected chi connectivity index (χ4v) is 3.65. The van der Waals surface area contributed by atoms with E-state index in [4.69, 9.17) is 4.98 Å². The minimum Gasteiger partial charge on any atom is -0.358 e. The zero-order valence-corrected chi connectivity index (χ0v) is 17.7. The van der Waals surface area contributed by atoms with Gasteiger partial charge in [0.25, 0.3) is 5.91 Å².